The lowest BCUT2D eigenvalue weighted by molar-refractivity contribution is 0.0746. The summed E-state index contributed by atoms with van der Waals surface area (Å²) in [6.45, 7) is 7.51. The average molecular weight is 545 g/mol. The maximum absolute atomic E-state index is 13.6. The number of carbonyl (C=O) groups excluding carboxylic acids is 1. The molecule has 0 saturated carbocycles. The summed E-state index contributed by atoms with van der Waals surface area (Å²) in [5, 5.41) is 18.4. The molecule has 0 spiro atoms. The third-order valence-corrected chi connectivity index (χ3v) is 8.45. The Bertz CT molecular complexity index is 1550. The first-order valence-corrected chi connectivity index (χ1v) is 14.5. The van der Waals surface area contributed by atoms with E-state index < -0.39 is 10.0 Å². The molecule has 0 bridgehead atoms. The molecule has 3 aromatic carbocycles. The van der Waals surface area contributed by atoms with Gasteiger partial charge in [-0.1, -0.05) is 30.3 Å². The summed E-state index contributed by atoms with van der Waals surface area (Å²) in [6, 6.07) is 20.8. The van der Waals surface area contributed by atoms with Crippen LogP contribution in [0.1, 0.15) is 27.0 Å². The zero-order valence-corrected chi connectivity index (χ0v) is 22.9. The number of benzene rings is 3. The van der Waals surface area contributed by atoms with Gasteiger partial charge >= 0.3 is 0 Å². The molecule has 0 aliphatic carbocycles. The molecule has 2 heterocycles. The van der Waals surface area contributed by atoms with E-state index in [1.807, 2.05) is 60.0 Å². The van der Waals surface area contributed by atoms with Crippen molar-refractivity contribution in [3.63, 3.8) is 0 Å². The molecule has 2 aliphatic heterocycles. The van der Waals surface area contributed by atoms with E-state index in [4.69, 9.17) is 5.14 Å². The summed E-state index contributed by atoms with van der Waals surface area (Å²) in [5.74, 6) is -0.0342. The average Bonchev–Trinajstić information content (AvgIpc) is 2.91. The maximum Gasteiger partial charge on any atom is 0.254 e. The second-order valence-electron chi connectivity index (χ2n) is 10.1. The number of carbonyl (C=O) groups is 1. The van der Waals surface area contributed by atoms with Crippen molar-refractivity contribution in [1.29, 1.82) is 5.26 Å². The second kappa shape index (κ2) is 10.6. The molecule has 10 heteroatoms. The summed E-state index contributed by atoms with van der Waals surface area (Å²) in [5.41, 5.74) is 5.77. The number of hydrogen-bond donors (Lipinski definition) is 2. The van der Waals surface area contributed by atoms with E-state index in [-0.39, 0.29) is 16.8 Å². The number of anilines is 3. The minimum Gasteiger partial charge on any atom is -0.379 e. The van der Waals surface area contributed by atoms with E-state index in [2.05, 4.69) is 16.3 Å². The number of para-hydroxylation sites is 2. The number of aryl methyl sites for hydroxylation is 2. The molecule has 1 amide bonds. The van der Waals surface area contributed by atoms with Gasteiger partial charge in [-0.3, -0.25) is 4.79 Å². The van der Waals surface area contributed by atoms with E-state index in [1.54, 1.807) is 18.2 Å². The molecule has 5 rings (SSSR count). The highest BCUT2D eigenvalue weighted by atomic mass is 32.2. The SMILES string of the molecule is Cc1cc(C)c(C(=O)N2CCN(c3ccccc3S(N)(=O)=O)CC2)cc1NC1CN(c2ccccc2C#N)C1. The summed E-state index contributed by atoms with van der Waals surface area (Å²) >= 11 is 0. The van der Waals surface area contributed by atoms with Crippen molar-refractivity contribution in [2.75, 3.05) is 54.4 Å². The Morgan fingerprint density at radius 2 is 1.56 bits per heavy atom. The zero-order valence-electron chi connectivity index (χ0n) is 22.1. The summed E-state index contributed by atoms with van der Waals surface area (Å²) in [4.78, 5) is 19.6. The molecule has 0 unspecified atom stereocenters. The number of nitrogens with zero attached hydrogens (tertiary/aromatic N) is 4. The Kier molecular flexibility index (Phi) is 7.21. The van der Waals surface area contributed by atoms with E-state index in [0.717, 1.165) is 35.6 Å². The summed E-state index contributed by atoms with van der Waals surface area (Å²) < 4.78 is 24.1. The van der Waals surface area contributed by atoms with Crippen LogP contribution in [-0.2, 0) is 10.0 Å². The highest BCUT2D eigenvalue weighted by Gasteiger charge is 2.30. The Morgan fingerprint density at radius 1 is 0.923 bits per heavy atom. The summed E-state index contributed by atoms with van der Waals surface area (Å²) in [6.07, 6.45) is 0. The Balaban J connectivity index is 1.25. The molecular weight excluding hydrogens is 512 g/mol. The molecule has 202 valence electrons. The number of nitriles is 1. The Hall–Kier alpha value is -4.07. The van der Waals surface area contributed by atoms with Gasteiger partial charge in [0.15, 0.2) is 0 Å². The van der Waals surface area contributed by atoms with Crippen LogP contribution in [0, 0.1) is 25.2 Å². The fourth-order valence-corrected chi connectivity index (χ4v) is 6.11. The number of primary sulfonamides is 1. The minimum absolute atomic E-state index is 0.0342. The highest BCUT2D eigenvalue weighted by Crippen LogP contribution is 2.29. The van der Waals surface area contributed by atoms with Crippen LogP contribution in [0.3, 0.4) is 0 Å². The van der Waals surface area contributed by atoms with Crippen molar-refractivity contribution in [3.8, 4) is 6.07 Å². The van der Waals surface area contributed by atoms with E-state index in [9.17, 15) is 18.5 Å². The second-order valence-corrected chi connectivity index (χ2v) is 11.7. The lowest BCUT2D eigenvalue weighted by Gasteiger charge is -2.42. The molecular formula is C29H32N6O3S. The molecule has 39 heavy (non-hydrogen) atoms. The molecule has 0 aromatic heterocycles. The third kappa shape index (κ3) is 5.41. The highest BCUT2D eigenvalue weighted by molar-refractivity contribution is 7.89. The normalized spacial score (nSPS) is 16.0. The predicted octanol–water partition coefficient (Wildman–Crippen LogP) is 3.09. The first-order valence-electron chi connectivity index (χ1n) is 12.9. The van der Waals surface area contributed by atoms with Gasteiger partial charge in [0.05, 0.1) is 23.0 Å². The van der Waals surface area contributed by atoms with E-state index in [1.165, 1.54) is 6.07 Å². The molecule has 2 aliphatic rings. The van der Waals surface area contributed by atoms with Crippen LogP contribution in [0.25, 0.3) is 0 Å². The van der Waals surface area contributed by atoms with Gasteiger partial charge in [-0.2, -0.15) is 5.26 Å². The van der Waals surface area contributed by atoms with Crippen molar-refractivity contribution in [1.82, 2.24) is 4.90 Å². The van der Waals surface area contributed by atoms with Gasteiger partial charge in [0.1, 0.15) is 11.0 Å². The van der Waals surface area contributed by atoms with Crippen molar-refractivity contribution in [2.24, 2.45) is 5.14 Å². The van der Waals surface area contributed by atoms with Gasteiger partial charge < -0.3 is 20.0 Å². The number of piperazine rings is 1. The lowest BCUT2D eigenvalue weighted by atomic mass is 10.00. The first kappa shape index (κ1) is 26.5. The Labute approximate surface area is 229 Å². The lowest BCUT2D eigenvalue weighted by Crippen LogP contribution is -2.55. The van der Waals surface area contributed by atoms with Gasteiger partial charge in [0.2, 0.25) is 10.0 Å². The van der Waals surface area contributed by atoms with Crippen LogP contribution in [0.5, 0.6) is 0 Å². The fraction of sp³-hybridized carbons (Fsp3) is 0.310. The van der Waals surface area contributed by atoms with E-state index in [0.29, 0.717) is 43.0 Å². The maximum atomic E-state index is 13.6. The fourth-order valence-electron chi connectivity index (χ4n) is 5.35. The van der Waals surface area contributed by atoms with Gasteiger partial charge in [-0.25, -0.2) is 13.6 Å². The van der Waals surface area contributed by atoms with Crippen LogP contribution < -0.4 is 20.3 Å². The van der Waals surface area contributed by atoms with Crippen LogP contribution in [0.15, 0.2) is 65.6 Å². The van der Waals surface area contributed by atoms with Gasteiger partial charge in [-0.05, 0) is 55.3 Å². The topological polar surface area (TPSA) is 123 Å². The number of nitrogens with one attached hydrogen (secondary N) is 1. The Morgan fingerprint density at radius 3 is 2.23 bits per heavy atom. The van der Waals surface area contributed by atoms with Crippen LogP contribution >= 0.6 is 0 Å². The minimum atomic E-state index is -3.85. The summed E-state index contributed by atoms with van der Waals surface area (Å²) in [7, 11) is -3.85. The quantitative estimate of drug-likeness (QED) is 0.489. The van der Waals surface area contributed by atoms with Crippen molar-refractivity contribution >= 4 is 33.0 Å². The van der Waals surface area contributed by atoms with E-state index >= 15 is 0 Å². The van der Waals surface area contributed by atoms with Crippen LogP contribution in [0.2, 0.25) is 0 Å². The molecule has 2 saturated heterocycles. The van der Waals surface area contributed by atoms with Gasteiger partial charge in [0, 0.05) is 50.5 Å². The molecule has 3 N–H and O–H groups in total. The van der Waals surface area contributed by atoms with Gasteiger partial charge in [-0.15, -0.1) is 0 Å². The van der Waals surface area contributed by atoms with Crippen LogP contribution in [-0.4, -0.2) is 64.5 Å². The zero-order chi connectivity index (χ0) is 27.7. The number of rotatable bonds is 6. The monoisotopic (exact) mass is 544 g/mol. The molecule has 3 aromatic rings. The number of nitrogens with two attached hydrogens (primary N) is 1. The first-order chi connectivity index (χ1) is 18.7. The van der Waals surface area contributed by atoms with Crippen molar-refractivity contribution in [3.05, 3.63) is 82.9 Å². The molecule has 0 radical (unpaired) electrons. The van der Waals surface area contributed by atoms with Crippen molar-refractivity contribution in [2.45, 2.75) is 24.8 Å². The van der Waals surface area contributed by atoms with Crippen LogP contribution in [0.4, 0.5) is 17.1 Å². The predicted molar refractivity (Wildman–Crippen MR) is 153 cm³/mol. The third-order valence-electron chi connectivity index (χ3n) is 7.49. The largest absolute Gasteiger partial charge is 0.379 e. The number of amides is 1. The smallest absolute Gasteiger partial charge is 0.254 e. The molecule has 0 atom stereocenters. The number of sulfonamides is 1. The molecule has 9 nitrogen and oxygen atoms in total. The molecule has 2 fully saturated rings. The van der Waals surface area contributed by atoms with Crippen molar-refractivity contribution < 1.29 is 13.2 Å². The standard InChI is InChI=1S/C29H32N6O3S/c1-20-15-21(2)25(32-23-18-35(19-23)26-8-4-3-7-22(26)17-30)16-24(20)29(36)34-13-11-33(12-14-34)27-9-5-6-10-28(27)39(31,37)38/h3-10,15-16,23,32H,11-14,18-19H2,1-2H3,(H2,31,37,38). The number of hydrogen-bond acceptors (Lipinski definition) is 7. The van der Waals surface area contributed by atoms with Gasteiger partial charge in [0.25, 0.3) is 5.91 Å².